The first kappa shape index (κ1) is 22.6. The van der Waals surface area contributed by atoms with Crippen molar-refractivity contribution in [3.8, 4) is 5.75 Å². The summed E-state index contributed by atoms with van der Waals surface area (Å²) < 4.78 is 48.0. The average molecular weight is 411 g/mol. The van der Waals surface area contributed by atoms with Crippen LogP contribution in [0.25, 0.3) is 0 Å². The molecule has 0 amide bonds. The van der Waals surface area contributed by atoms with E-state index in [4.69, 9.17) is 4.74 Å². The standard InChI is InChI=1S/C20H28F3N5O/c1-6-24-18(26-13-15-9-10-27-28(15)5)25-12-14-7-8-16(29-19(2,3)4)11-17(14)20(21,22)23/h7-11H,6,12-13H2,1-5H3,(H2,24,25,26). The van der Waals surface area contributed by atoms with Gasteiger partial charge >= 0.3 is 6.18 Å². The largest absolute Gasteiger partial charge is 0.488 e. The molecule has 0 bridgehead atoms. The van der Waals surface area contributed by atoms with Gasteiger partial charge in [0, 0.05) is 19.8 Å². The van der Waals surface area contributed by atoms with Crippen molar-refractivity contribution in [1.29, 1.82) is 0 Å². The van der Waals surface area contributed by atoms with Crippen LogP contribution in [0.15, 0.2) is 35.5 Å². The zero-order valence-corrected chi connectivity index (χ0v) is 17.4. The second-order valence-electron chi connectivity index (χ2n) is 7.53. The van der Waals surface area contributed by atoms with Gasteiger partial charge in [-0.3, -0.25) is 4.68 Å². The molecule has 0 aliphatic carbocycles. The molecule has 2 aromatic rings. The predicted molar refractivity (Wildman–Crippen MR) is 107 cm³/mol. The zero-order valence-electron chi connectivity index (χ0n) is 17.4. The second kappa shape index (κ2) is 9.19. The summed E-state index contributed by atoms with van der Waals surface area (Å²) >= 11 is 0. The molecule has 2 rings (SSSR count). The van der Waals surface area contributed by atoms with Crippen molar-refractivity contribution in [3.63, 3.8) is 0 Å². The first-order valence-corrected chi connectivity index (χ1v) is 9.38. The van der Waals surface area contributed by atoms with Crippen molar-refractivity contribution in [1.82, 2.24) is 20.4 Å². The van der Waals surface area contributed by atoms with Crippen molar-refractivity contribution in [2.75, 3.05) is 6.54 Å². The van der Waals surface area contributed by atoms with Crippen LogP contribution < -0.4 is 15.4 Å². The number of aromatic nitrogens is 2. The third kappa shape index (κ3) is 6.99. The molecule has 0 saturated carbocycles. The molecule has 29 heavy (non-hydrogen) atoms. The maximum atomic E-state index is 13.6. The van der Waals surface area contributed by atoms with Crippen molar-refractivity contribution in [3.05, 3.63) is 47.3 Å². The SMILES string of the molecule is CCNC(=NCc1ccc(OC(C)(C)C)cc1C(F)(F)F)NCc1ccnn1C. The monoisotopic (exact) mass is 411 g/mol. The summed E-state index contributed by atoms with van der Waals surface area (Å²) in [7, 11) is 1.82. The lowest BCUT2D eigenvalue weighted by Gasteiger charge is -2.22. The summed E-state index contributed by atoms with van der Waals surface area (Å²) in [4.78, 5) is 4.32. The van der Waals surface area contributed by atoms with Crippen LogP contribution in [0.4, 0.5) is 13.2 Å². The molecular weight excluding hydrogens is 383 g/mol. The first-order valence-electron chi connectivity index (χ1n) is 9.38. The topological polar surface area (TPSA) is 63.5 Å². The van der Waals surface area contributed by atoms with Crippen LogP contribution in [0.2, 0.25) is 0 Å². The number of benzene rings is 1. The molecule has 6 nitrogen and oxygen atoms in total. The lowest BCUT2D eigenvalue weighted by molar-refractivity contribution is -0.138. The molecule has 0 unspecified atom stereocenters. The van der Waals surface area contributed by atoms with Gasteiger partial charge in [0.1, 0.15) is 11.4 Å². The number of aryl methyl sites for hydroxylation is 1. The highest BCUT2D eigenvalue weighted by atomic mass is 19.4. The van der Waals surface area contributed by atoms with Crippen LogP contribution in [0.3, 0.4) is 0 Å². The van der Waals surface area contributed by atoms with E-state index in [9.17, 15) is 13.2 Å². The summed E-state index contributed by atoms with van der Waals surface area (Å²) in [6.45, 7) is 8.17. The van der Waals surface area contributed by atoms with E-state index < -0.39 is 17.3 Å². The number of rotatable bonds is 6. The van der Waals surface area contributed by atoms with Gasteiger partial charge in [-0.05, 0) is 51.5 Å². The lowest BCUT2D eigenvalue weighted by Crippen LogP contribution is -2.37. The number of ether oxygens (including phenoxy) is 1. The normalized spacial score (nSPS) is 12.8. The average Bonchev–Trinajstić information content (AvgIpc) is 3.01. The Labute approximate surface area is 169 Å². The molecule has 0 atom stereocenters. The summed E-state index contributed by atoms with van der Waals surface area (Å²) in [5, 5.41) is 10.2. The van der Waals surface area contributed by atoms with Crippen molar-refractivity contribution < 1.29 is 17.9 Å². The summed E-state index contributed by atoms with van der Waals surface area (Å²) in [6.07, 6.45) is -2.82. The van der Waals surface area contributed by atoms with E-state index in [0.717, 1.165) is 11.8 Å². The van der Waals surface area contributed by atoms with E-state index in [0.29, 0.717) is 19.0 Å². The smallest absolute Gasteiger partial charge is 0.416 e. The van der Waals surface area contributed by atoms with Gasteiger partial charge in [-0.25, -0.2) is 4.99 Å². The zero-order chi connectivity index (χ0) is 21.7. The summed E-state index contributed by atoms with van der Waals surface area (Å²) in [6, 6.07) is 5.85. The molecule has 0 radical (unpaired) electrons. The first-order chi connectivity index (χ1) is 13.5. The van der Waals surface area contributed by atoms with Gasteiger partial charge in [0.25, 0.3) is 0 Å². The Balaban J connectivity index is 2.21. The van der Waals surface area contributed by atoms with E-state index in [1.165, 1.54) is 6.07 Å². The Morgan fingerprint density at radius 1 is 1.17 bits per heavy atom. The molecule has 1 aromatic heterocycles. The molecule has 9 heteroatoms. The van der Waals surface area contributed by atoms with Crippen LogP contribution >= 0.6 is 0 Å². The Hall–Kier alpha value is -2.71. The molecule has 0 aliphatic heterocycles. The van der Waals surface area contributed by atoms with Gasteiger partial charge in [0.05, 0.1) is 24.3 Å². The minimum atomic E-state index is -4.50. The third-order valence-corrected chi connectivity index (χ3v) is 3.92. The minimum absolute atomic E-state index is 0.0801. The molecule has 1 aromatic carbocycles. The predicted octanol–water partition coefficient (Wildman–Crippen LogP) is 3.87. The number of nitrogens with zero attached hydrogens (tertiary/aromatic N) is 3. The number of nitrogens with one attached hydrogen (secondary N) is 2. The van der Waals surface area contributed by atoms with Gasteiger partial charge in [-0.1, -0.05) is 6.07 Å². The molecule has 0 saturated heterocycles. The fraction of sp³-hybridized carbons (Fsp3) is 0.500. The van der Waals surface area contributed by atoms with Crippen molar-refractivity contribution >= 4 is 5.96 Å². The Morgan fingerprint density at radius 2 is 1.90 bits per heavy atom. The van der Waals surface area contributed by atoms with Gasteiger partial charge in [0.15, 0.2) is 5.96 Å². The van der Waals surface area contributed by atoms with Crippen molar-refractivity contribution in [2.24, 2.45) is 12.0 Å². The van der Waals surface area contributed by atoms with E-state index in [2.05, 4.69) is 20.7 Å². The van der Waals surface area contributed by atoms with Crippen LogP contribution in [-0.2, 0) is 26.3 Å². The molecule has 0 spiro atoms. The highest BCUT2D eigenvalue weighted by Gasteiger charge is 2.34. The maximum Gasteiger partial charge on any atom is 0.416 e. The molecule has 160 valence electrons. The third-order valence-electron chi connectivity index (χ3n) is 3.92. The highest BCUT2D eigenvalue weighted by molar-refractivity contribution is 5.79. The molecule has 2 N–H and O–H groups in total. The number of aliphatic imine (C=N–C) groups is 1. The minimum Gasteiger partial charge on any atom is -0.488 e. The van der Waals surface area contributed by atoms with E-state index >= 15 is 0 Å². The van der Waals surface area contributed by atoms with Crippen LogP contribution in [-0.4, -0.2) is 27.9 Å². The van der Waals surface area contributed by atoms with E-state index in [1.807, 2.05) is 20.0 Å². The Kier molecular flexibility index (Phi) is 7.16. The van der Waals surface area contributed by atoms with E-state index in [-0.39, 0.29) is 17.9 Å². The molecule has 1 heterocycles. The van der Waals surface area contributed by atoms with Crippen molar-refractivity contribution in [2.45, 2.75) is 52.6 Å². The Bertz CT molecular complexity index is 837. The lowest BCUT2D eigenvalue weighted by atomic mass is 10.1. The van der Waals surface area contributed by atoms with Gasteiger partial charge in [-0.15, -0.1) is 0 Å². The van der Waals surface area contributed by atoms with Crippen LogP contribution in [0, 0.1) is 0 Å². The maximum absolute atomic E-state index is 13.6. The highest BCUT2D eigenvalue weighted by Crippen LogP contribution is 2.35. The fourth-order valence-electron chi connectivity index (χ4n) is 2.63. The van der Waals surface area contributed by atoms with Crippen LogP contribution in [0.5, 0.6) is 5.75 Å². The van der Waals surface area contributed by atoms with Gasteiger partial charge < -0.3 is 15.4 Å². The molecule has 0 aliphatic rings. The van der Waals surface area contributed by atoms with Gasteiger partial charge in [0.2, 0.25) is 0 Å². The number of alkyl halides is 3. The second-order valence-corrected chi connectivity index (χ2v) is 7.53. The van der Waals surface area contributed by atoms with Gasteiger partial charge in [-0.2, -0.15) is 18.3 Å². The Morgan fingerprint density at radius 3 is 2.45 bits per heavy atom. The summed E-state index contributed by atoms with van der Waals surface area (Å²) in [5.41, 5.74) is -0.325. The summed E-state index contributed by atoms with van der Waals surface area (Å²) in [5.74, 6) is 0.607. The van der Waals surface area contributed by atoms with Crippen LogP contribution in [0.1, 0.15) is 44.5 Å². The molecular formula is C20H28F3N5O. The molecule has 0 fully saturated rings. The quantitative estimate of drug-likeness (QED) is 0.560. The number of guanidine groups is 1. The fourth-order valence-corrected chi connectivity index (χ4v) is 2.63. The number of hydrogen-bond donors (Lipinski definition) is 2. The number of halogens is 3. The van der Waals surface area contributed by atoms with E-state index in [1.54, 1.807) is 37.7 Å². The number of hydrogen-bond acceptors (Lipinski definition) is 3.